The second kappa shape index (κ2) is 5.27. The molecule has 2 rings (SSSR count). The van der Waals surface area contributed by atoms with Gasteiger partial charge in [-0.2, -0.15) is 5.10 Å². The molecule has 0 bridgehead atoms. The molecule has 5 heteroatoms. The third-order valence-corrected chi connectivity index (χ3v) is 2.26. The lowest BCUT2D eigenvalue weighted by Gasteiger charge is -2.05. The quantitative estimate of drug-likeness (QED) is 0.841. The number of nitrogens with zero attached hydrogens (tertiary/aromatic N) is 1. The van der Waals surface area contributed by atoms with Gasteiger partial charge in [-0.15, -0.1) is 0 Å². The lowest BCUT2D eigenvalue weighted by molar-refractivity contribution is -0.119. The zero-order valence-corrected chi connectivity index (χ0v) is 9.43. The van der Waals surface area contributed by atoms with E-state index < -0.39 is 0 Å². The van der Waals surface area contributed by atoms with Crippen molar-refractivity contribution in [3.8, 4) is 11.3 Å². The van der Waals surface area contributed by atoms with E-state index in [2.05, 4.69) is 15.5 Å². The van der Waals surface area contributed by atoms with Gasteiger partial charge in [-0.25, -0.2) is 0 Å². The van der Waals surface area contributed by atoms with Crippen LogP contribution in [0, 0.1) is 0 Å². The Morgan fingerprint density at radius 1 is 1.35 bits per heavy atom. The third-order valence-electron chi connectivity index (χ3n) is 2.26. The molecular weight excluding hydrogens is 218 g/mol. The Morgan fingerprint density at radius 3 is 2.71 bits per heavy atom. The Morgan fingerprint density at radius 2 is 2.12 bits per heavy atom. The number of aromatic nitrogens is 2. The van der Waals surface area contributed by atoms with E-state index in [0.29, 0.717) is 0 Å². The first-order valence-corrected chi connectivity index (χ1v) is 5.18. The maximum absolute atomic E-state index is 11.3. The summed E-state index contributed by atoms with van der Waals surface area (Å²) in [6, 6.07) is 9.39. The van der Waals surface area contributed by atoms with E-state index in [-0.39, 0.29) is 12.5 Å². The number of ether oxygens (including phenoxy) is 1. The van der Waals surface area contributed by atoms with E-state index in [4.69, 9.17) is 4.74 Å². The molecule has 0 saturated carbocycles. The SMILES string of the molecule is COCC(=O)Nc1ccc(-c2ccn[nH]2)cc1. The number of methoxy groups -OCH3 is 1. The Balaban J connectivity index is 2.06. The molecular formula is C12H13N3O2. The molecule has 5 nitrogen and oxygen atoms in total. The topological polar surface area (TPSA) is 67.0 Å². The summed E-state index contributed by atoms with van der Waals surface area (Å²) in [5, 5.41) is 9.48. The first kappa shape index (κ1) is 11.3. The van der Waals surface area contributed by atoms with E-state index in [9.17, 15) is 4.79 Å². The Bertz CT molecular complexity index is 477. The molecule has 0 saturated heterocycles. The van der Waals surface area contributed by atoms with Crippen LogP contribution in [0.2, 0.25) is 0 Å². The summed E-state index contributed by atoms with van der Waals surface area (Å²) in [4.78, 5) is 11.3. The Labute approximate surface area is 98.8 Å². The van der Waals surface area contributed by atoms with Gasteiger partial charge in [0.05, 0.1) is 5.69 Å². The monoisotopic (exact) mass is 231 g/mol. The van der Waals surface area contributed by atoms with E-state index in [0.717, 1.165) is 16.9 Å². The van der Waals surface area contributed by atoms with Gasteiger partial charge in [-0.3, -0.25) is 9.89 Å². The molecule has 0 spiro atoms. The van der Waals surface area contributed by atoms with Gasteiger partial charge in [0.25, 0.3) is 0 Å². The molecule has 0 unspecified atom stereocenters. The molecule has 1 amide bonds. The highest BCUT2D eigenvalue weighted by atomic mass is 16.5. The van der Waals surface area contributed by atoms with Gasteiger partial charge in [0.15, 0.2) is 0 Å². The Hall–Kier alpha value is -2.14. The molecule has 2 N–H and O–H groups in total. The number of anilines is 1. The molecule has 0 aliphatic carbocycles. The van der Waals surface area contributed by atoms with Crippen molar-refractivity contribution in [3.63, 3.8) is 0 Å². The molecule has 1 aromatic carbocycles. The number of hydrogen-bond acceptors (Lipinski definition) is 3. The number of benzene rings is 1. The van der Waals surface area contributed by atoms with Crippen LogP contribution in [0.4, 0.5) is 5.69 Å². The van der Waals surface area contributed by atoms with Gasteiger partial charge in [0.1, 0.15) is 6.61 Å². The predicted octanol–water partition coefficient (Wildman–Crippen LogP) is 1.66. The van der Waals surface area contributed by atoms with Crippen molar-refractivity contribution in [2.24, 2.45) is 0 Å². The summed E-state index contributed by atoms with van der Waals surface area (Å²) >= 11 is 0. The third kappa shape index (κ3) is 2.92. The number of nitrogens with one attached hydrogen (secondary N) is 2. The number of rotatable bonds is 4. The minimum Gasteiger partial charge on any atom is -0.375 e. The van der Waals surface area contributed by atoms with Gasteiger partial charge in [0.2, 0.25) is 5.91 Å². The second-order valence-corrected chi connectivity index (χ2v) is 3.53. The molecule has 0 fully saturated rings. The Kier molecular flexibility index (Phi) is 3.52. The van der Waals surface area contributed by atoms with Crippen LogP contribution >= 0.6 is 0 Å². The molecule has 88 valence electrons. The fraction of sp³-hybridized carbons (Fsp3) is 0.167. The van der Waals surface area contributed by atoms with Crippen molar-refractivity contribution >= 4 is 11.6 Å². The van der Waals surface area contributed by atoms with Crippen molar-refractivity contribution in [2.75, 3.05) is 19.0 Å². The van der Waals surface area contributed by atoms with E-state index in [1.807, 2.05) is 30.3 Å². The van der Waals surface area contributed by atoms with Crippen LogP contribution in [0.3, 0.4) is 0 Å². The smallest absolute Gasteiger partial charge is 0.250 e. The van der Waals surface area contributed by atoms with Crippen molar-refractivity contribution in [3.05, 3.63) is 36.5 Å². The van der Waals surface area contributed by atoms with Crippen molar-refractivity contribution < 1.29 is 9.53 Å². The zero-order valence-electron chi connectivity index (χ0n) is 9.43. The van der Waals surface area contributed by atoms with Crippen LogP contribution in [0.1, 0.15) is 0 Å². The summed E-state index contributed by atoms with van der Waals surface area (Å²) in [7, 11) is 1.49. The number of aromatic amines is 1. The fourth-order valence-electron chi connectivity index (χ4n) is 1.48. The van der Waals surface area contributed by atoms with Gasteiger partial charge >= 0.3 is 0 Å². The summed E-state index contributed by atoms with van der Waals surface area (Å²) in [5.41, 5.74) is 2.71. The highest BCUT2D eigenvalue weighted by Crippen LogP contribution is 2.18. The summed E-state index contributed by atoms with van der Waals surface area (Å²) in [6.07, 6.45) is 1.70. The average Bonchev–Trinajstić information content (AvgIpc) is 2.84. The first-order valence-electron chi connectivity index (χ1n) is 5.18. The fourth-order valence-corrected chi connectivity index (χ4v) is 1.48. The lowest BCUT2D eigenvalue weighted by atomic mass is 10.1. The predicted molar refractivity (Wildman–Crippen MR) is 64.5 cm³/mol. The summed E-state index contributed by atoms with van der Waals surface area (Å²) in [6.45, 7) is 0.0578. The second-order valence-electron chi connectivity index (χ2n) is 3.53. The molecule has 0 atom stereocenters. The molecule has 1 aromatic heterocycles. The minimum atomic E-state index is -0.165. The average molecular weight is 231 g/mol. The number of H-pyrrole nitrogens is 1. The van der Waals surface area contributed by atoms with Crippen molar-refractivity contribution in [1.29, 1.82) is 0 Å². The summed E-state index contributed by atoms with van der Waals surface area (Å²) in [5.74, 6) is -0.165. The molecule has 17 heavy (non-hydrogen) atoms. The van der Waals surface area contributed by atoms with Crippen molar-refractivity contribution in [1.82, 2.24) is 10.2 Å². The molecule has 2 aromatic rings. The van der Waals surface area contributed by atoms with E-state index >= 15 is 0 Å². The summed E-state index contributed by atoms with van der Waals surface area (Å²) < 4.78 is 4.73. The van der Waals surface area contributed by atoms with E-state index in [1.54, 1.807) is 6.20 Å². The molecule has 0 radical (unpaired) electrons. The number of carbonyl (C=O) groups is 1. The van der Waals surface area contributed by atoms with Crippen LogP contribution in [0.5, 0.6) is 0 Å². The van der Waals surface area contributed by atoms with Crippen LogP contribution in [0.15, 0.2) is 36.5 Å². The van der Waals surface area contributed by atoms with E-state index in [1.165, 1.54) is 7.11 Å². The normalized spacial score (nSPS) is 10.2. The van der Waals surface area contributed by atoms with Gasteiger partial charge in [-0.05, 0) is 23.8 Å². The highest BCUT2D eigenvalue weighted by molar-refractivity contribution is 5.91. The van der Waals surface area contributed by atoms with Gasteiger partial charge in [0, 0.05) is 19.0 Å². The molecule has 0 aliphatic rings. The highest BCUT2D eigenvalue weighted by Gasteiger charge is 2.02. The van der Waals surface area contributed by atoms with Gasteiger partial charge in [-0.1, -0.05) is 12.1 Å². The standard InChI is InChI=1S/C12H13N3O2/c1-17-8-12(16)14-10-4-2-9(3-5-10)11-6-7-13-15-11/h2-7H,8H2,1H3,(H,13,15)(H,14,16). The maximum Gasteiger partial charge on any atom is 0.250 e. The number of carbonyl (C=O) groups excluding carboxylic acids is 1. The molecule has 1 heterocycles. The molecule has 0 aliphatic heterocycles. The number of hydrogen-bond donors (Lipinski definition) is 2. The lowest BCUT2D eigenvalue weighted by Crippen LogP contribution is -2.16. The van der Waals surface area contributed by atoms with Crippen LogP contribution in [-0.2, 0) is 9.53 Å². The minimum absolute atomic E-state index is 0.0578. The van der Waals surface area contributed by atoms with Crippen LogP contribution in [-0.4, -0.2) is 29.8 Å². The largest absolute Gasteiger partial charge is 0.375 e. The first-order chi connectivity index (χ1) is 8.29. The van der Waals surface area contributed by atoms with Crippen LogP contribution in [0.25, 0.3) is 11.3 Å². The van der Waals surface area contributed by atoms with Gasteiger partial charge < -0.3 is 10.1 Å². The van der Waals surface area contributed by atoms with Crippen LogP contribution < -0.4 is 5.32 Å². The zero-order chi connectivity index (χ0) is 12.1. The maximum atomic E-state index is 11.3. The number of amides is 1. The van der Waals surface area contributed by atoms with Crippen molar-refractivity contribution in [2.45, 2.75) is 0 Å².